The van der Waals surface area contributed by atoms with Gasteiger partial charge in [-0.1, -0.05) is 11.6 Å². The van der Waals surface area contributed by atoms with Crippen LogP contribution in [0.15, 0.2) is 18.2 Å². The van der Waals surface area contributed by atoms with Crippen LogP contribution in [0.3, 0.4) is 0 Å². The highest BCUT2D eigenvalue weighted by Gasteiger charge is 2.30. The Kier molecular flexibility index (Phi) is 3.12. The Balaban J connectivity index is 2.29. The van der Waals surface area contributed by atoms with Crippen LogP contribution >= 0.6 is 11.6 Å². The highest BCUT2D eigenvalue weighted by Crippen LogP contribution is 2.27. The van der Waals surface area contributed by atoms with Crippen molar-refractivity contribution in [3.8, 4) is 0 Å². The Bertz CT molecular complexity index is 420. The number of hydrogen-bond donors (Lipinski definition) is 2. The molecule has 0 saturated heterocycles. The summed E-state index contributed by atoms with van der Waals surface area (Å²) in [4.78, 5) is 11.1. The summed E-state index contributed by atoms with van der Waals surface area (Å²) in [5.41, 5.74) is 0.0897. The summed E-state index contributed by atoms with van der Waals surface area (Å²) in [5, 5.41) is 12.3. The first-order valence-corrected chi connectivity index (χ1v) is 5.39. The number of carboxylic acid groups (broad SMARTS) is 1. The molecule has 1 atom stereocenters. The molecule has 86 valence electrons. The zero-order valence-electron chi connectivity index (χ0n) is 8.41. The van der Waals surface area contributed by atoms with Gasteiger partial charge in [-0.05, 0) is 31.0 Å². The predicted octanol–water partition coefficient (Wildman–Crippen LogP) is 2.36. The molecule has 1 aromatic carbocycles. The van der Waals surface area contributed by atoms with E-state index in [1.807, 2.05) is 0 Å². The molecular formula is C11H11ClFNO2. The first-order valence-electron chi connectivity index (χ1n) is 5.01. The Hall–Kier alpha value is -1.13. The highest BCUT2D eigenvalue weighted by atomic mass is 35.5. The summed E-state index contributed by atoms with van der Waals surface area (Å²) in [6.45, 7) is 0. The first kappa shape index (κ1) is 11.4. The SMILES string of the molecule is O=C(O)C(NC1CC1)c1cc(Cl)ccc1F. The van der Waals surface area contributed by atoms with Gasteiger partial charge < -0.3 is 5.11 Å². The zero-order valence-corrected chi connectivity index (χ0v) is 9.17. The monoisotopic (exact) mass is 243 g/mol. The van der Waals surface area contributed by atoms with Crippen molar-refractivity contribution in [1.82, 2.24) is 5.32 Å². The summed E-state index contributed by atoms with van der Waals surface area (Å²) in [6.07, 6.45) is 1.87. The molecule has 0 aromatic heterocycles. The molecule has 3 nitrogen and oxygen atoms in total. The van der Waals surface area contributed by atoms with Gasteiger partial charge in [0.2, 0.25) is 0 Å². The zero-order chi connectivity index (χ0) is 11.7. The molecule has 0 bridgehead atoms. The van der Waals surface area contributed by atoms with E-state index in [4.69, 9.17) is 16.7 Å². The van der Waals surface area contributed by atoms with Gasteiger partial charge >= 0.3 is 5.97 Å². The van der Waals surface area contributed by atoms with E-state index in [0.717, 1.165) is 12.8 Å². The maximum absolute atomic E-state index is 13.5. The minimum absolute atomic E-state index is 0.0897. The summed E-state index contributed by atoms with van der Waals surface area (Å²) >= 11 is 5.73. The summed E-state index contributed by atoms with van der Waals surface area (Å²) in [5.74, 6) is -1.64. The molecule has 1 fully saturated rings. The van der Waals surface area contributed by atoms with Gasteiger partial charge in [-0.3, -0.25) is 10.1 Å². The maximum atomic E-state index is 13.5. The number of halogens is 2. The van der Waals surface area contributed by atoms with Crippen molar-refractivity contribution in [3.05, 3.63) is 34.6 Å². The van der Waals surface area contributed by atoms with Crippen LogP contribution in [-0.4, -0.2) is 17.1 Å². The quantitative estimate of drug-likeness (QED) is 0.854. The van der Waals surface area contributed by atoms with E-state index < -0.39 is 17.8 Å². The van der Waals surface area contributed by atoms with E-state index in [2.05, 4.69) is 5.32 Å². The molecular weight excluding hydrogens is 233 g/mol. The van der Waals surface area contributed by atoms with Crippen LogP contribution in [-0.2, 0) is 4.79 Å². The molecule has 1 aliphatic carbocycles. The number of hydrogen-bond acceptors (Lipinski definition) is 2. The number of carbonyl (C=O) groups is 1. The van der Waals surface area contributed by atoms with Gasteiger partial charge in [0.05, 0.1) is 0 Å². The van der Waals surface area contributed by atoms with Gasteiger partial charge in [-0.25, -0.2) is 4.39 Å². The third-order valence-corrected chi connectivity index (χ3v) is 2.73. The molecule has 16 heavy (non-hydrogen) atoms. The Morgan fingerprint density at radius 1 is 1.56 bits per heavy atom. The molecule has 5 heteroatoms. The number of rotatable bonds is 4. The average Bonchev–Trinajstić information content (AvgIpc) is 3.02. The van der Waals surface area contributed by atoms with Crippen molar-refractivity contribution in [2.75, 3.05) is 0 Å². The summed E-state index contributed by atoms with van der Waals surface area (Å²) in [7, 11) is 0. The fourth-order valence-electron chi connectivity index (χ4n) is 1.52. The van der Waals surface area contributed by atoms with Crippen molar-refractivity contribution in [2.45, 2.75) is 24.9 Å². The number of aliphatic carboxylic acids is 1. The molecule has 2 N–H and O–H groups in total. The lowest BCUT2D eigenvalue weighted by Gasteiger charge is -2.15. The lowest BCUT2D eigenvalue weighted by atomic mass is 10.1. The van der Waals surface area contributed by atoms with Gasteiger partial charge in [0.1, 0.15) is 11.9 Å². The number of benzene rings is 1. The average molecular weight is 244 g/mol. The number of carboxylic acids is 1. The smallest absolute Gasteiger partial charge is 0.325 e. The Labute approximate surface area is 97.2 Å². The van der Waals surface area contributed by atoms with Crippen molar-refractivity contribution in [2.24, 2.45) is 0 Å². The lowest BCUT2D eigenvalue weighted by molar-refractivity contribution is -0.139. The van der Waals surface area contributed by atoms with Crippen molar-refractivity contribution < 1.29 is 14.3 Å². The number of nitrogens with one attached hydrogen (secondary N) is 1. The Morgan fingerprint density at radius 3 is 2.81 bits per heavy atom. The van der Waals surface area contributed by atoms with Gasteiger partial charge in [-0.2, -0.15) is 0 Å². The molecule has 1 aromatic rings. The van der Waals surface area contributed by atoms with Crippen molar-refractivity contribution in [1.29, 1.82) is 0 Å². The lowest BCUT2D eigenvalue weighted by Crippen LogP contribution is -2.30. The third-order valence-electron chi connectivity index (χ3n) is 2.50. The van der Waals surface area contributed by atoms with E-state index in [-0.39, 0.29) is 11.6 Å². The fourth-order valence-corrected chi connectivity index (χ4v) is 1.70. The third kappa shape index (κ3) is 2.51. The van der Waals surface area contributed by atoms with E-state index in [1.165, 1.54) is 18.2 Å². The molecule has 1 saturated carbocycles. The first-order chi connectivity index (χ1) is 7.58. The highest BCUT2D eigenvalue weighted by molar-refractivity contribution is 6.30. The fraction of sp³-hybridized carbons (Fsp3) is 0.364. The van der Waals surface area contributed by atoms with Crippen LogP contribution in [0, 0.1) is 5.82 Å². The van der Waals surface area contributed by atoms with Crippen LogP contribution in [0.1, 0.15) is 24.4 Å². The van der Waals surface area contributed by atoms with Crippen LogP contribution in [0.4, 0.5) is 4.39 Å². The second kappa shape index (κ2) is 4.39. The van der Waals surface area contributed by atoms with Crippen LogP contribution in [0.25, 0.3) is 0 Å². The van der Waals surface area contributed by atoms with E-state index in [0.29, 0.717) is 5.02 Å². The standard InChI is InChI=1S/C11H11ClFNO2/c12-6-1-4-9(13)8(5-6)10(11(15)16)14-7-2-3-7/h1,4-5,7,10,14H,2-3H2,(H,15,16). The van der Waals surface area contributed by atoms with Gasteiger partial charge in [0.25, 0.3) is 0 Å². The topological polar surface area (TPSA) is 49.3 Å². The van der Waals surface area contributed by atoms with Crippen LogP contribution in [0.5, 0.6) is 0 Å². The van der Waals surface area contributed by atoms with E-state index in [9.17, 15) is 9.18 Å². The second-order valence-corrected chi connectivity index (χ2v) is 4.31. The van der Waals surface area contributed by atoms with Crippen molar-refractivity contribution in [3.63, 3.8) is 0 Å². The molecule has 0 heterocycles. The minimum Gasteiger partial charge on any atom is -0.480 e. The minimum atomic E-state index is -1.09. The van der Waals surface area contributed by atoms with Gasteiger partial charge in [-0.15, -0.1) is 0 Å². The largest absolute Gasteiger partial charge is 0.480 e. The van der Waals surface area contributed by atoms with Crippen molar-refractivity contribution >= 4 is 17.6 Å². The molecule has 0 amide bonds. The normalized spacial score (nSPS) is 17.1. The molecule has 1 aliphatic rings. The van der Waals surface area contributed by atoms with E-state index >= 15 is 0 Å². The molecule has 1 unspecified atom stereocenters. The molecule has 0 radical (unpaired) electrons. The molecule has 2 rings (SSSR count). The van der Waals surface area contributed by atoms with E-state index in [1.54, 1.807) is 0 Å². The summed E-state index contributed by atoms with van der Waals surface area (Å²) in [6, 6.07) is 3.09. The molecule has 0 aliphatic heterocycles. The van der Waals surface area contributed by atoms with Gasteiger partial charge in [0, 0.05) is 16.6 Å². The summed E-state index contributed by atoms with van der Waals surface area (Å²) < 4.78 is 13.5. The maximum Gasteiger partial charge on any atom is 0.325 e. The van der Waals surface area contributed by atoms with Gasteiger partial charge in [0.15, 0.2) is 0 Å². The second-order valence-electron chi connectivity index (χ2n) is 3.88. The Morgan fingerprint density at radius 2 is 2.25 bits per heavy atom. The van der Waals surface area contributed by atoms with Crippen LogP contribution in [0.2, 0.25) is 5.02 Å². The molecule has 0 spiro atoms. The predicted molar refractivity (Wildman–Crippen MR) is 57.9 cm³/mol. The van der Waals surface area contributed by atoms with Crippen LogP contribution < -0.4 is 5.32 Å².